The van der Waals surface area contributed by atoms with Gasteiger partial charge in [0.05, 0.1) is 24.9 Å². The summed E-state index contributed by atoms with van der Waals surface area (Å²) in [6.07, 6.45) is -8.77. The van der Waals surface area contributed by atoms with E-state index >= 15 is 0 Å². The van der Waals surface area contributed by atoms with Gasteiger partial charge in [0.25, 0.3) is 10.1 Å². The molecule has 1 saturated heterocycles. The molecule has 6 nitrogen and oxygen atoms in total. The van der Waals surface area contributed by atoms with E-state index in [1.165, 1.54) is 17.8 Å². The van der Waals surface area contributed by atoms with Crippen molar-refractivity contribution >= 4 is 21.9 Å². The number of hydrogen-bond donors (Lipinski definition) is 0. The molecular weight excluding hydrogens is 613 g/mol. The molecule has 0 amide bonds. The highest BCUT2D eigenvalue weighted by atomic mass is 32.2. The average molecular weight is 645 g/mol. The monoisotopic (exact) mass is 644 g/mol. The normalized spacial score (nSPS) is 22.5. The van der Waals surface area contributed by atoms with E-state index in [0.717, 1.165) is 28.2 Å². The second-order valence-corrected chi connectivity index (χ2v) is 12.9. The fourth-order valence-corrected chi connectivity index (χ4v) is 7.41. The van der Waals surface area contributed by atoms with Crippen LogP contribution in [0.25, 0.3) is 0 Å². The van der Waals surface area contributed by atoms with E-state index in [0.29, 0.717) is 6.07 Å². The molecule has 1 fully saturated rings. The molecule has 1 heterocycles. The number of thioether (sulfide) groups is 1. The molecule has 1 aliphatic heterocycles. The van der Waals surface area contributed by atoms with Crippen LogP contribution in [-0.2, 0) is 47.9 Å². The Labute approximate surface area is 259 Å². The molecule has 5 atom stereocenters. The molecule has 4 aromatic carbocycles. The van der Waals surface area contributed by atoms with Crippen LogP contribution in [0.2, 0.25) is 0 Å². The minimum absolute atomic E-state index is 0.0746. The third kappa shape index (κ3) is 8.09. The van der Waals surface area contributed by atoms with Crippen molar-refractivity contribution in [2.45, 2.75) is 66.0 Å². The van der Waals surface area contributed by atoms with Crippen molar-refractivity contribution in [2.24, 2.45) is 0 Å². The lowest BCUT2D eigenvalue weighted by Gasteiger charge is -2.44. The van der Waals surface area contributed by atoms with E-state index < -0.39 is 56.6 Å². The highest BCUT2D eigenvalue weighted by molar-refractivity contribution is 7.99. The van der Waals surface area contributed by atoms with Gasteiger partial charge in [0, 0.05) is 4.90 Å². The molecule has 11 heteroatoms. The van der Waals surface area contributed by atoms with Gasteiger partial charge >= 0.3 is 6.18 Å². The van der Waals surface area contributed by atoms with Crippen LogP contribution in [0.5, 0.6) is 0 Å². The molecule has 0 radical (unpaired) electrons. The van der Waals surface area contributed by atoms with Crippen LogP contribution < -0.4 is 0 Å². The molecular formula is C33H31F3O6S2. The molecule has 0 aromatic heterocycles. The van der Waals surface area contributed by atoms with E-state index in [2.05, 4.69) is 0 Å². The van der Waals surface area contributed by atoms with Gasteiger partial charge in [-0.05, 0) is 42.3 Å². The Morgan fingerprint density at radius 2 is 1.20 bits per heavy atom. The van der Waals surface area contributed by atoms with Crippen molar-refractivity contribution in [2.75, 3.05) is 0 Å². The number of halogens is 3. The van der Waals surface area contributed by atoms with Gasteiger partial charge in [0.15, 0.2) is 0 Å². The molecule has 0 bridgehead atoms. The average Bonchev–Trinajstić information content (AvgIpc) is 3.02. The smallest absolute Gasteiger partial charge is 0.368 e. The van der Waals surface area contributed by atoms with Crippen molar-refractivity contribution < 1.29 is 40.0 Å². The van der Waals surface area contributed by atoms with Gasteiger partial charge in [-0.15, -0.1) is 0 Å². The number of benzene rings is 4. The number of ether oxygens (including phenoxy) is 3. The summed E-state index contributed by atoms with van der Waals surface area (Å²) in [7, 11) is -4.97. The Morgan fingerprint density at radius 3 is 1.77 bits per heavy atom. The molecule has 1 aliphatic rings. The summed E-state index contributed by atoms with van der Waals surface area (Å²) < 4.78 is 93.7. The molecule has 44 heavy (non-hydrogen) atoms. The van der Waals surface area contributed by atoms with Gasteiger partial charge in [-0.25, -0.2) is 0 Å². The Morgan fingerprint density at radius 1 is 0.705 bits per heavy atom. The minimum Gasteiger partial charge on any atom is -0.368 e. The van der Waals surface area contributed by atoms with E-state index in [9.17, 15) is 21.6 Å². The SMILES string of the molecule is C[C@@H]1O[C@H](Sc2ccccc2)[C@H](OS(=O)(=O)c2ccccc2C(F)(F)F)[C@H](OCc2ccccc2)[C@H]1OCc1ccccc1. The Balaban J connectivity index is 1.53. The zero-order valence-electron chi connectivity index (χ0n) is 23.7. The summed E-state index contributed by atoms with van der Waals surface area (Å²) in [6, 6.07) is 31.7. The van der Waals surface area contributed by atoms with Crippen molar-refractivity contribution in [3.63, 3.8) is 0 Å². The van der Waals surface area contributed by atoms with Crippen LogP contribution in [0.15, 0.2) is 125 Å². The molecule has 0 saturated carbocycles. The highest BCUT2D eigenvalue weighted by Gasteiger charge is 2.50. The first-order chi connectivity index (χ1) is 21.1. The summed E-state index contributed by atoms with van der Waals surface area (Å²) in [4.78, 5) is -0.241. The van der Waals surface area contributed by atoms with Gasteiger partial charge in [-0.1, -0.05) is 103 Å². The second kappa shape index (κ2) is 14.3. The van der Waals surface area contributed by atoms with Crippen LogP contribution >= 0.6 is 11.8 Å². The number of alkyl halides is 3. The van der Waals surface area contributed by atoms with Crippen LogP contribution in [0.3, 0.4) is 0 Å². The first-order valence-corrected chi connectivity index (χ1v) is 16.2. The number of rotatable bonds is 11. The van der Waals surface area contributed by atoms with Crippen LogP contribution in [0.4, 0.5) is 13.2 Å². The van der Waals surface area contributed by atoms with Crippen LogP contribution in [-0.4, -0.2) is 38.3 Å². The molecule has 0 aliphatic carbocycles. The molecule has 0 unspecified atom stereocenters. The van der Waals surface area contributed by atoms with Crippen LogP contribution in [0.1, 0.15) is 23.6 Å². The van der Waals surface area contributed by atoms with Gasteiger partial charge in [-0.3, -0.25) is 4.18 Å². The Bertz CT molecular complexity index is 1590. The Kier molecular flexibility index (Phi) is 10.5. The maximum atomic E-state index is 13.9. The lowest BCUT2D eigenvalue weighted by Crippen LogP contribution is -2.58. The zero-order valence-corrected chi connectivity index (χ0v) is 25.3. The van der Waals surface area contributed by atoms with Crippen molar-refractivity contribution in [3.8, 4) is 0 Å². The lowest BCUT2D eigenvalue weighted by molar-refractivity contribution is -0.223. The fraction of sp³-hybridized carbons (Fsp3) is 0.273. The summed E-state index contributed by atoms with van der Waals surface area (Å²) in [6.45, 7) is 2.03. The zero-order chi connectivity index (χ0) is 31.2. The van der Waals surface area contributed by atoms with Gasteiger partial charge in [-0.2, -0.15) is 21.6 Å². The van der Waals surface area contributed by atoms with Crippen molar-refractivity contribution in [3.05, 3.63) is 132 Å². The van der Waals surface area contributed by atoms with Gasteiger partial charge in [0.2, 0.25) is 0 Å². The first-order valence-electron chi connectivity index (χ1n) is 13.9. The van der Waals surface area contributed by atoms with E-state index in [1.54, 1.807) is 6.92 Å². The second-order valence-electron chi connectivity index (χ2n) is 10.2. The summed E-state index contributed by atoms with van der Waals surface area (Å²) >= 11 is 1.19. The molecule has 5 rings (SSSR count). The predicted octanol–water partition coefficient (Wildman–Crippen LogP) is 7.49. The third-order valence-corrected chi connectivity index (χ3v) is 9.52. The molecule has 4 aromatic rings. The fourth-order valence-electron chi connectivity index (χ4n) is 4.87. The molecule has 0 spiro atoms. The topological polar surface area (TPSA) is 71.1 Å². The lowest BCUT2D eigenvalue weighted by atomic mass is 10.00. The van der Waals surface area contributed by atoms with E-state index in [1.807, 2.05) is 91.0 Å². The predicted molar refractivity (Wildman–Crippen MR) is 160 cm³/mol. The van der Waals surface area contributed by atoms with Gasteiger partial charge in [0.1, 0.15) is 28.6 Å². The first kappa shape index (κ1) is 32.2. The molecule has 0 N–H and O–H groups in total. The largest absolute Gasteiger partial charge is 0.417 e. The standard InChI is InChI=1S/C33H31F3O6S2/c1-23-29(39-21-24-13-5-2-6-14-24)30(40-22-25-15-7-3-8-16-25)31(32(41-23)43-26-17-9-4-10-18-26)42-44(37,38)28-20-12-11-19-27(28)33(34,35)36/h2-20,23,29-32H,21-22H2,1H3/t23-,29-,30+,31+,32+/m0/s1. The quantitative estimate of drug-likeness (QED) is 0.157. The summed E-state index contributed by atoms with van der Waals surface area (Å²) in [5.74, 6) is 0. The maximum Gasteiger partial charge on any atom is 0.417 e. The highest BCUT2D eigenvalue weighted by Crippen LogP contribution is 2.40. The van der Waals surface area contributed by atoms with E-state index in [-0.39, 0.29) is 13.2 Å². The number of hydrogen-bond acceptors (Lipinski definition) is 7. The van der Waals surface area contributed by atoms with Crippen molar-refractivity contribution in [1.82, 2.24) is 0 Å². The minimum atomic E-state index is -4.97. The third-order valence-electron chi connectivity index (χ3n) is 6.99. The van der Waals surface area contributed by atoms with E-state index in [4.69, 9.17) is 18.4 Å². The molecule has 232 valence electrons. The van der Waals surface area contributed by atoms with Crippen molar-refractivity contribution in [1.29, 1.82) is 0 Å². The van der Waals surface area contributed by atoms with Gasteiger partial charge < -0.3 is 14.2 Å². The maximum absolute atomic E-state index is 13.9. The summed E-state index contributed by atoms with van der Waals surface area (Å²) in [5, 5.41) is 0. The van der Waals surface area contributed by atoms with Crippen LogP contribution in [0, 0.1) is 0 Å². The summed E-state index contributed by atoms with van der Waals surface area (Å²) in [5.41, 5.74) is -0.621. The Hall–Kier alpha value is -3.19.